The maximum Gasteiger partial charge on any atom is 0.343 e. The Balaban J connectivity index is 4.24. The molecule has 0 rings (SSSR count). The molecule has 0 heterocycles. The van der Waals surface area contributed by atoms with Gasteiger partial charge in [0.25, 0.3) is 0 Å². The van der Waals surface area contributed by atoms with Crippen LogP contribution in [-0.4, -0.2) is 44.3 Å². The molecule has 7 heteroatoms. The molecule has 3 N–H and O–H groups in total. The van der Waals surface area contributed by atoms with Gasteiger partial charge in [0.1, 0.15) is 0 Å². The van der Waals surface area contributed by atoms with Crippen molar-refractivity contribution >= 4 is 24.9 Å². The molecule has 0 saturated heterocycles. The van der Waals surface area contributed by atoms with E-state index in [2.05, 4.69) is 13.8 Å². The van der Waals surface area contributed by atoms with Gasteiger partial charge in [0.05, 0.1) is 14.5 Å². The molecule has 0 aromatic heterocycles. The summed E-state index contributed by atoms with van der Waals surface area (Å²) in [6.07, 6.45) is 30.7. The van der Waals surface area contributed by atoms with Gasteiger partial charge in [-0.05, 0) is 12.8 Å². The highest BCUT2D eigenvalue weighted by Gasteiger charge is 2.50. The molecule has 0 aromatic rings. The van der Waals surface area contributed by atoms with Crippen molar-refractivity contribution in [1.29, 1.82) is 0 Å². The lowest BCUT2D eigenvalue weighted by atomic mass is 10.0. The molecule has 0 aliphatic rings. The van der Waals surface area contributed by atoms with E-state index in [0.717, 1.165) is 38.5 Å². The quantitative estimate of drug-likeness (QED) is 0.0501. The number of carbonyl (C=O) groups excluding carboxylic acids is 2. The minimum atomic E-state index is -2.68. The number of aliphatic hydroxyl groups is 2. The summed E-state index contributed by atoms with van der Waals surface area (Å²) in [6.45, 7) is 3.35. The molecule has 42 heavy (non-hydrogen) atoms. The molecule has 0 aliphatic carbocycles. The Labute approximate surface area is 260 Å². The van der Waals surface area contributed by atoms with E-state index in [1.807, 2.05) is 0 Å². The summed E-state index contributed by atoms with van der Waals surface area (Å²) in [5, 5.41) is 27.2. The Kier molecular flexibility index (Phi) is 28.3. The number of aliphatic carboxylic acids is 1. The fraction of sp³-hybridized carbons (Fsp3) is 0.914. The van der Waals surface area contributed by atoms with Crippen LogP contribution in [0, 0.1) is 0 Å². The first-order chi connectivity index (χ1) is 20.3. The zero-order chi connectivity index (χ0) is 31.3. The fourth-order valence-electron chi connectivity index (χ4n) is 5.60. The molecule has 0 bridgehead atoms. The number of aliphatic hydroxyl groups excluding tert-OH is 1. The highest BCUT2D eigenvalue weighted by molar-refractivity contribution is 7.90. The third kappa shape index (κ3) is 21.0. The Bertz CT molecular complexity index is 628. The van der Waals surface area contributed by atoms with E-state index in [9.17, 15) is 29.7 Å². The van der Waals surface area contributed by atoms with Gasteiger partial charge in [0, 0.05) is 12.8 Å². The van der Waals surface area contributed by atoms with Crippen LogP contribution < -0.4 is 0 Å². The van der Waals surface area contributed by atoms with E-state index in [-0.39, 0.29) is 12.8 Å². The largest absolute Gasteiger partial charge is 0.479 e. The standard InChI is InChI=1S/C35H67O6P/c1-3-5-7-9-11-13-15-17-19-21-23-25-27-29-32(37)42(35(41,31-36)34(39)40)33(38)30-28-26-24-22-20-18-16-14-12-10-8-6-4-2/h36,41H,3-31H2,1-2H3,(H,39,40). The number of carboxylic acid groups (broad SMARTS) is 1. The van der Waals surface area contributed by atoms with E-state index in [1.165, 1.54) is 116 Å². The van der Waals surface area contributed by atoms with Crippen LogP contribution >= 0.6 is 7.92 Å². The Morgan fingerprint density at radius 2 is 0.714 bits per heavy atom. The molecule has 0 amide bonds. The van der Waals surface area contributed by atoms with E-state index in [1.54, 1.807) is 0 Å². The zero-order valence-electron chi connectivity index (χ0n) is 27.5. The summed E-state index contributed by atoms with van der Waals surface area (Å²) < 4.78 is 0. The van der Waals surface area contributed by atoms with Crippen molar-refractivity contribution in [2.45, 2.75) is 199 Å². The highest BCUT2D eigenvalue weighted by Crippen LogP contribution is 2.52. The second kappa shape index (κ2) is 28.9. The first-order valence-electron chi connectivity index (χ1n) is 17.8. The first-order valence-corrected chi connectivity index (χ1v) is 19.1. The third-order valence-electron chi connectivity index (χ3n) is 8.42. The number of hydrogen-bond acceptors (Lipinski definition) is 5. The topological polar surface area (TPSA) is 112 Å². The van der Waals surface area contributed by atoms with Gasteiger partial charge >= 0.3 is 5.97 Å². The number of carboxylic acids is 1. The summed E-state index contributed by atoms with van der Waals surface area (Å²) in [4.78, 5) is 37.8. The van der Waals surface area contributed by atoms with Crippen LogP contribution in [0.2, 0.25) is 0 Å². The van der Waals surface area contributed by atoms with Crippen LogP contribution in [0.5, 0.6) is 0 Å². The molecule has 6 nitrogen and oxygen atoms in total. The molecule has 0 spiro atoms. The van der Waals surface area contributed by atoms with Crippen LogP contribution in [0.4, 0.5) is 0 Å². The summed E-state index contributed by atoms with van der Waals surface area (Å²) in [5.74, 6) is -1.69. The van der Waals surface area contributed by atoms with E-state index >= 15 is 0 Å². The van der Waals surface area contributed by atoms with Crippen molar-refractivity contribution in [3.63, 3.8) is 0 Å². The molecule has 0 fully saturated rings. The van der Waals surface area contributed by atoms with Crippen molar-refractivity contribution in [2.75, 3.05) is 6.61 Å². The predicted octanol–water partition coefficient (Wildman–Crippen LogP) is 10.2. The van der Waals surface area contributed by atoms with Gasteiger partial charge < -0.3 is 15.3 Å². The molecule has 248 valence electrons. The summed E-state index contributed by atoms with van der Waals surface area (Å²) in [7, 11) is -2.52. The van der Waals surface area contributed by atoms with Gasteiger partial charge in [0.15, 0.2) is 11.0 Å². The molecule has 0 saturated carbocycles. The van der Waals surface area contributed by atoms with Crippen molar-refractivity contribution in [1.82, 2.24) is 0 Å². The number of unbranched alkanes of at least 4 members (excludes halogenated alkanes) is 24. The Morgan fingerprint density at radius 1 is 0.476 bits per heavy atom. The van der Waals surface area contributed by atoms with E-state index in [4.69, 9.17) is 0 Å². The van der Waals surface area contributed by atoms with Crippen LogP contribution in [0.25, 0.3) is 0 Å². The minimum absolute atomic E-state index is 0.0867. The van der Waals surface area contributed by atoms with Gasteiger partial charge in [-0.3, -0.25) is 9.59 Å². The van der Waals surface area contributed by atoms with Crippen molar-refractivity contribution in [3.05, 3.63) is 0 Å². The number of rotatable bonds is 33. The second-order valence-corrected chi connectivity index (χ2v) is 14.8. The maximum absolute atomic E-state index is 13.0. The fourth-order valence-corrected chi connectivity index (χ4v) is 7.80. The lowest BCUT2D eigenvalue weighted by molar-refractivity contribution is -0.153. The molecule has 0 aromatic carbocycles. The highest BCUT2D eigenvalue weighted by atomic mass is 31.1. The van der Waals surface area contributed by atoms with Crippen molar-refractivity contribution in [2.24, 2.45) is 0 Å². The van der Waals surface area contributed by atoms with Crippen LogP contribution in [-0.2, 0) is 14.4 Å². The molecule has 0 aliphatic heterocycles. The van der Waals surface area contributed by atoms with Gasteiger partial charge in [-0.2, -0.15) is 0 Å². The summed E-state index contributed by atoms with van der Waals surface area (Å²) in [5.41, 5.74) is -0.988. The molecular weight excluding hydrogens is 547 g/mol. The SMILES string of the molecule is CCCCCCCCCCCCCCCC(=O)P(C(=O)CCCCCCCCCCCCCCC)C(O)(CO)C(=O)O. The lowest BCUT2D eigenvalue weighted by Gasteiger charge is -2.28. The average molecular weight is 615 g/mol. The van der Waals surface area contributed by atoms with Gasteiger partial charge in [-0.15, -0.1) is 0 Å². The first kappa shape index (κ1) is 41.2. The Hall–Kier alpha value is -0.840. The third-order valence-corrected chi connectivity index (χ3v) is 10.9. The Morgan fingerprint density at radius 3 is 0.929 bits per heavy atom. The summed E-state index contributed by atoms with van der Waals surface area (Å²) >= 11 is 0. The van der Waals surface area contributed by atoms with Crippen molar-refractivity contribution in [3.8, 4) is 0 Å². The molecular formula is C35H67O6P. The summed E-state index contributed by atoms with van der Waals surface area (Å²) in [6, 6.07) is 0. The smallest absolute Gasteiger partial charge is 0.343 e. The molecule has 1 atom stereocenters. The van der Waals surface area contributed by atoms with Gasteiger partial charge in [-0.1, -0.05) is 168 Å². The number of hydrogen-bond donors (Lipinski definition) is 3. The average Bonchev–Trinajstić information content (AvgIpc) is 2.97. The molecule has 1 unspecified atom stereocenters. The second-order valence-electron chi connectivity index (χ2n) is 12.4. The normalized spacial score (nSPS) is 13.0. The van der Waals surface area contributed by atoms with Crippen LogP contribution in [0.1, 0.15) is 194 Å². The zero-order valence-corrected chi connectivity index (χ0v) is 28.4. The maximum atomic E-state index is 13.0. The minimum Gasteiger partial charge on any atom is -0.479 e. The van der Waals surface area contributed by atoms with Crippen LogP contribution in [0.15, 0.2) is 0 Å². The van der Waals surface area contributed by atoms with Crippen molar-refractivity contribution < 1.29 is 29.7 Å². The van der Waals surface area contributed by atoms with Gasteiger partial charge in [0.2, 0.25) is 5.34 Å². The monoisotopic (exact) mass is 614 g/mol. The van der Waals surface area contributed by atoms with Gasteiger partial charge in [-0.25, -0.2) is 4.79 Å². The van der Waals surface area contributed by atoms with E-state index < -0.39 is 36.9 Å². The number of carbonyl (C=O) groups is 3. The van der Waals surface area contributed by atoms with E-state index in [0.29, 0.717) is 12.8 Å². The lowest BCUT2D eigenvalue weighted by Crippen LogP contribution is -2.43. The molecule has 0 radical (unpaired) electrons. The predicted molar refractivity (Wildman–Crippen MR) is 177 cm³/mol. The van der Waals surface area contributed by atoms with Crippen LogP contribution in [0.3, 0.4) is 0 Å².